The van der Waals surface area contributed by atoms with Gasteiger partial charge in [0.1, 0.15) is 0 Å². The lowest BCUT2D eigenvalue weighted by Gasteiger charge is -2.42. The van der Waals surface area contributed by atoms with Crippen LogP contribution in [0, 0.1) is 6.92 Å². The van der Waals surface area contributed by atoms with Gasteiger partial charge in [0.2, 0.25) is 0 Å². The number of hydrogen-bond acceptors (Lipinski definition) is 3. The number of hydrogen-bond donors (Lipinski definition) is 0. The smallest absolute Gasteiger partial charge is 0.264 e. The molecule has 1 aromatic rings. The van der Waals surface area contributed by atoms with Gasteiger partial charge in [-0.3, -0.25) is 4.79 Å². The van der Waals surface area contributed by atoms with E-state index in [1.165, 1.54) is 11.3 Å². The fraction of sp³-hybridized carbons (Fsp3) is 0.615. The van der Waals surface area contributed by atoms with E-state index >= 15 is 0 Å². The second kappa shape index (κ2) is 5.19. The van der Waals surface area contributed by atoms with Crippen molar-refractivity contribution < 1.29 is 9.53 Å². The molecule has 3 nitrogen and oxygen atoms in total. The summed E-state index contributed by atoms with van der Waals surface area (Å²) in [6, 6.07) is 1.97. The molecule has 0 bridgehead atoms. The average Bonchev–Trinajstić information content (AvgIpc) is 2.72. The first kappa shape index (κ1) is 13.8. The Morgan fingerprint density at radius 2 is 2.39 bits per heavy atom. The maximum absolute atomic E-state index is 12.5. The molecule has 18 heavy (non-hydrogen) atoms. The molecule has 1 unspecified atom stereocenters. The number of halogens is 1. The minimum absolute atomic E-state index is 0.0837. The number of carbonyl (C=O) groups is 1. The highest BCUT2D eigenvalue weighted by Crippen LogP contribution is 2.25. The number of amides is 1. The van der Waals surface area contributed by atoms with E-state index in [0.717, 1.165) is 10.4 Å². The predicted molar refractivity (Wildman–Crippen MR) is 74.6 cm³/mol. The van der Waals surface area contributed by atoms with Crippen LogP contribution >= 0.6 is 22.9 Å². The number of nitrogens with zero attached hydrogens (tertiary/aromatic N) is 1. The van der Waals surface area contributed by atoms with E-state index in [1.807, 2.05) is 37.1 Å². The van der Waals surface area contributed by atoms with Crippen molar-refractivity contribution in [2.24, 2.45) is 0 Å². The molecule has 2 rings (SSSR count). The fourth-order valence-electron chi connectivity index (χ4n) is 2.27. The summed E-state index contributed by atoms with van der Waals surface area (Å²) < 4.78 is 5.83. The van der Waals surface area contributed by atoms with Gasteiger partial charge in [0, 0.05) is 13.1 Å². The van der Waals surface area contributed by atoms with Crippen molar-refractivity contribution in [1.29, 1.82) is 0 Å². The Hall–Kier alpha value is -0.580. The van der Waals surface area contributed by atoms with Crippen molar-refractivity contribution in [3.8, 4) is 0 Å². The van der Waals surface area contributed by atoms with Gasteiger partial charge >= 0.3 is 0 Å². The molecule has 1 aromatic heterocycles. The number of carbonyl (C=O) groups excluding carboxylic acids is 1. The molecule has 0 spiro atoms. The number of ether oxygens (including phenoxy) is 1. The van der Waals surface area contributed by atoms with Gasteiger partial charge in [-0.2, -0.15) is 0 Å². The predicted octanol–water partition coefficient (Wildman–Crippen LogP) is 2.91. The molecule has 0 radical (unpaired) electrons. The summed E-state index contributed by atoms with van der Waals surface area (Å²) in [5.41, 5.74) is 0.704. The molecule has 1 saturated heterocycles. The zero-order valence-electron chi connectivity index (χ0n) is 10.9. The Morgan fingerprint density at radius 1 is 1.67 bits per heavy atom. The Bertz CT molecular complexity index is 444. The molecule has 1 atom stereocenters. The topological polar surface area (TPSA) is 29.5 Å². The van der Waals surface area contributed by atoms with Crippen LogP contribution in [0.4, 0.5) is 0 Å². The summed E-state index contributed by atoms with van der Waals surface area (Å²) in [5, 5.41) is 1.95. The van der Waals surface area contributed by atoms with E-state index in [4.69, 9.17) is 16.3 Å². The zero-order chi connectivity index (χ0) is 13.3. The summed E-state index contributed by atoms with van der Waals surface area (Å²) in [7, 11) is 0. The number of aryl methyl sites for hydroxylation is 1. The van der Waals surface area contributed by atoms with Crippen molar-refractivity contribution >= 4 is 28.8 Å². The van der Waals surface area contributed by atoms with Crippen LogP contribution in [0.25, 0.3) is 0 Å². The first-order valence-corrected chi connectivity index (χ1v) is 7.41. The van der Waals surface area contributed by atoms with E-state index in [0.29, 0.717) is 19.0 Å². The number of rotatable bonds is 2. The molecule has 5 heteroatoms. The second-order valence-electron chi connectivity index (χ2n) is 5.27. The maximum Gasteiger partial charge on any atom is 0.264 e. The summed E-state index contributed by atoms with van der Waals surface area (Å²) in [6.07, 6.45) is -0.0837. The molecule has 0 N–H and O–H groups in total. The third-order valence-electron chi connectivity index (χ3n) is 3.00. The van der Waals surface area contributed by atoms with Crippen LogP contribution in [0.2, 0.25) is 0 Å². The zero-order valence-corrected chi connectivity index (χ0v) is 12.5. The molecular weight excluding hydrogens is 270 g/mol. The van der Waals surface area contributed by atoms with Crippen LogP contribution in [-0.4, -0.2) is 41.5 Å². The molecule has 1 aliphatic rings. The lowest BCUT2D eigenvalue weighted by molar-refractivity contribution is -0.117. The molecule has 0 saturated carbocycles. The normalized spacial score (nSPS) is 23.1. The quantitative estimate of drug-likeness (QED) is 0.783. The van der Waals surface area contributed by atoms with E-state index in [9.17, 15) is 4.79 Å². The highest BCUT2D eigenvalue weighted by molar-refractivity contribution is 7.12. The Labute approximate surface area is 117 Å². The van der Waals surface area contributed by atoms with Gasteiger partial charge in [-0.1, -0.05) is 0 Å². The second-order valence-corrected chi connectivity index (χ2v) is 6.50. The highest BCUT2D eigenvalue weighted by Gasteiger charge is 2.36. The number of thiophene rings is 1. The van der Waals surface area contributed by atoms with E-state index in [1.54, 1.807) is 0 Å². The number of alkyl halides is 1. The van der Waals surface area contributed by atoms with Gasteiger partial charge in [-0.05, 0) is 37.8 Å². The molecule has 0 aromatic carbocycles. The Morgan fingerprint density at radius 3 is 2.94 bits per heavy atom. The highest BCUT2D eigenvalue weighted by atomic mass is 35.5. The molecule has 1 amide bonds. The molecule has 1 aliphatic heterocycles. The van der Waals surface area contributed by atoms with Crippen molar-refractivity contribution in [3.63, 3.8) is 0 Å². The van der Waals surface area contributed by atoms with E-state index < -0.39 is 0 Å². The van der Waals surface area contributed by atoms with Crippen molar-refractivity contribution in [1.82, 2.24) is 4.90 Å². The Balaban J connectivity index is 2.17. The molecule has 2 heterocycles. The average molecular weight is 288 g/mol. The van der Waals surface area contributed by atoms with Crippen molar-refractivity contribution in [3.05, 3.63) is 21.9 Å². The van der Waals surface area contributed by atoms with Crippen LogP contribution in [-0.2, 0) is 4.74 Å². The third-order valence-corrected chi connectivity index (χ3v) is 4.35. The SMILES string of the molecule is Cc1ccsc1C(=O)N1CC(CCl)OC(C)(C)C1. The van der Waals surface area contributed by atoms with Crippen LogP contribution in [0.1, 0.15) is 29.1 Å². The summed E-state index contributed by atoms with van der Waals surface area (Å²) in [6.45, 7) is 7.13. The van der Waals surface area contributed by atoms with Crippen LogP contribution in [0.3, 0.4) is 0 Å². The summed E-state index contributed by atoms with van der Waals surface area (Å²) in [5.74, 6) is 0.505. The monoisotopic (exact) mass is 287 g/mol. The molecular formula is C13H18ClNO2S. The summed E-state index contributed by atoms with van der Waals surface area (Å²) in [4.78, 5) is 15.1. The molecule has 0 aliphatic carbocycles. The summed E-state index contributed by atoms with van der Waals surface area (Å²) >= 11 is 7.37. The molecule has 1 fully saturated rings. The Kier molecular flexibility index (Phi) is 3.99. The third kappa shape index (κ3) is 2.87. The first-order chi connectivity index (χ1) is 8.43. The largest absolute Gasteiger partial charge is 0.367 e. The van der Waals surface area contributed by atoms with E-state index in [2.05, 4.69) is 0 Å². The first-order valence-electron chi connectivity index (χ1n) is 6.00. The lowest BCUT2D eigenvalue weighted by Crippen LogP contribution is -2.55. The van der Waals surface area contributed by atoms with Gasteiger partial charge < -0.3 is 9.64 Å². The maximum atomic E-state index is 12.5. The van der Waals surface area contributed by atoms with Crippen molar-refractivity contribution in [2.75, 3.05) is 19.0 Å². The standard InChI is InChI=1S/C13H18ClNO2S/c1-9-4-5-18-11(9)12(16)15-7-10(6-14)17-13(2,3)8-15/h4-5,10H,6-8H2,1-3H3. The van der Waals surface area contributed by atoms with Gasteiger partial charge in [-0.25, -0.2) is 0 Å². The minimum atomic E-state index is -0.335. The van der Waals surface area contributed by atoms with E-state index in [-0.39, 0.29) is 17.6 Å². The molecule has 100 valence electrons. The van der Waals surface area contributed by atoms with Gasteiger partial charge in [0.05, 0.1) is 22.5 Å². The van der Waals surface area contributed by atoms with Crippen molar-refractivity contribution in [2.45, 2.75) is 32.5 Å². The van der Waals surface area contributed by atoms with Gasteiger partial charge in [0.25, 0.3) is 5.91 Å². The lowest BCUT2D eigenvalue weighted by atomic mass is 10.1. The van der Waals surface area contributed by atoms with Crippen LogP contribution in [0.15, 0.2) is 11.4 Å². The minimum Gasteiger partial charge on any atom is -0.367 e. The van der Waals surface area contributed by atoms with Crippen LogP contribution < -0.4 is 0 Å². The number of morpholine rings is 1. The van der Waals surface area contributed by atoms with Gasteiger partial charge in [0.15, 0.2) is 0 Å². The van der Waals surface area contributed by atoms with Crippen LogP contribution in [0.5, 0.6) is 0 Å². The van der Waals surface area contributed by atoms with Gasteiger partial charge in [-0.15, -0.1) is 22.9 Å². The fourth-order valence-corrected chi connectivity index (χ4v) is 3.32.